The van der Waals surface area contributed by atoms with Gasteiger partial charge >= 0.3 is 0 Å². The van der Waals surface area contributed by atoms with Gasteiger partial charge in [-0.3, -0.25) is 14.5 Å². The highest BCUT2D eigenvalue weighted by atomic mass is 32.2. The van der Waals surface area contributed by atoms with Gasteiger partial charge in [-0.2, -0.15) is 0 Å². The molecular weight excluding hydrogens is 352 g/mol. The molecule has 0 aliphatic carbocycles. The van der Waals surface area contributed by atoms with Gasteiger partial charge in [0.05, 0.1) is 25.8 Å². The first kappa shape index (κ1) is 17.9. The third-order valence-electron chi connectivity index (χ3n) is 3.82. The topological polar surface area (TPSA) is 67.9 Å². The number of anilines is 1. The Morgan fingerprint density at radius 2 is 1.85 bits per heavy atom. The van der Waals surface area contributed by atoms with Crippen LogP contribution >= 0.6 is 11.8 Å². The molecule has 1 saturated heterocycles. The fraction of sp³-hybridized carbons (Fsp3) is 0.158. The number of carbonyl (C=O) groups is 2. The zero-order valence-electron chi connectivity index (χ0n) is 14.4. The van der Waals surface area contributed by atoms with Gasteiger partial charge < -0.3 is 14.8 Å². The van der Waals surface area contributed by atoms with Crippen molar-refractivity contribution in [2.75, 3.05) is 26.2 Å². The standard InChI is InChI=1S/C19H18N2O4S/c1-24-15-9-8-13(16(11-15)25-2)10-17-18(22)21(19(23)26-17)12-20-14-6-4-3-5-7-14/h3-11,20H,12H2,1-2H3/b17-10-. The van der Waals surface area contributed by atoms with Gasteiger partial charge in [-0.15, -0.1) is 0 Å². The lowest BCUT2D eigenvalue weighted by Crippen LogP contribution is -2.33. The van der Waals surface area contributed by atoms with E-state index in [1.807, 2.05) is 30.3 Å². The average molecular weight is 370 g/mol. The summed E-state index contributed by atoms with van der Waals surface area (Å²) in [5.41, 5.74) is 1.54. The molecule has 134 valence electrons. The Kier molecular flexibility index (Phi) is 5.48. The van der Waals surface area contributed by atoms with Gasteiger partial charge in [-0.1, -0.05) is 18.2 Å². The van der Waals surface area contributed by atoms with Crippen LogP contribution in [0, 0.1) is 0 Å². The molecule has 3 rings (SSSR count). The van der Waals surface area contributed by atoms with E-state index in [-0.39, 0.29) is 17.8 Å². The number of ether oxygens (including phenoxy) is 2. The summed E-state index contributed by atoms with van der Waals surface area (Å²) in [7, 11) is 3.11. The maximum atomic E-state index is 12.6. The number of carbonyl (C=O) groups excluding carboxylic acids is 2. The van der Waals surface area contributed by atoms with E-state index in [2.05, 4.69) is 5.32 Å². The summed E-state index contributed by atoms with van der Waals surface area (Å²) in [6, 6.07) is 14.7. The smallest absolute Gasteiger partial charge is 0.295 e. The lowest BCUT2D eigenvalue weighted by molar-refractivity contribution is -0.122. The Bertz CT molecular complexity index is 852. The number of hydrogen-bond acceptors (Lipinski definition) is 6. The highest BCUT2D eigenvalue weighted by Gasteiger charge is 2.35. The monoisotopic (exact) mass is 370 g/mol. The number of imide groups is 1. The number of para-hydroxylation sites is 1. The number of methoxy groups -OCH3 is 2. The van der Waals surface area contributed by atoms with E-state index < -0.39 is 0 Å². The van der Waals surface area contributed by atoms with Crippen LogP contribution in [0.4, 0.5) is 10.5 Å². The van der Waals surface area contributed by atoms with Gasteiger partial charge in [0.25, 0.3) is 11.1 Å². The highest BCUT2D eigenvalue weighted by molar-refractivity contribution is 8.18. The number of thioether (sulfide) groups is 1. The fourth-order valence-corrected chi connectivity index (χ4v) is 3.27. The molecule has 1 fully saturated rings. The van der Waals surface area contributed by atoms with Crippen molar-refractivity contribution in [3.63, 3.8) is 0 Å². The van der Waals surface area contributed by atoms with E-state index in [4.69, 9.17) is 9.47 Å². The molecule has 0 radical (unpaired) electrons. The molecule has 0 unspecified atom stereocenters. The number of nitrogens with one attached hydrogen (secondary N) is 1. The molecule has 2 aromatic rings. The summed E-state index contributed by atoms with van der Waals surface area (Å²) in [6.07, 6.45) is 1.66. The first-order valence-electron chi connectivity index (χ1n) is 7.88. The molecule has 0 aromatic heterocycles. The molecule has 2 aromatic carbocycles. The van der Waals surface area contributed by atoms with Crippen molar-refractivity contribution >= 4 is 34.7 Å². The van der Waals surface area contributed by atoms with Crippen LogP contribution in [0.2, 0.25) is 0 Å². The molecule has 1 aliphatic rings. The summed E-state index contributed by atoms with van der Waals surface area (Å²) < 4.78 is 10.5. The quantitative estimate of drug-likeness (QED) is 0.780. The van der Waals surface area contributed by atoms with Crippen molar-refractivity contribution in [2.45, 2.75) is 0 Å². The van der Waals surface area contributed by atoms with Crippen LogP contribution in [-0.4, -0.2) is 36.9 Å². The van der Waals surface area contributed by atoms with Crippen LogP contribution in [0.1, 0.15) is 5.56 Å². The minimum atomic E-state index is -0.332. The molecule has 6 nitrogen and oxygen atoms in total. The lowest BCUT2D eigenvalue weighted by atomic mass is 10.1. The molecule has 0 atom stereocenters. The predicted octanol–water partition coefficient (Wildman–Crippen LogP) is 3.81. The second-order valence-corrected chi connectivity index (χ2v) is 6.41. The minimum absolute atomic E-state index is 0.117. The largest absolute Gasteiger partial charge is 0.497 e. The Morgan fingerprint density at radius 1 is 1.08 bits per heavy atom. The number of hydrogen-bond donors (Lipinski definition) is 1. The normalized spacial score (nSPS) is 15.5. The van der Waals surface area contributed by atoms with Crippen molar-refractivity contribution in [1.82, 2.24) is 4.90 Å². The summed E-state index contributed by atoms with van der Waals surface area (Å²) in [6.45, 7) is 0.117. The molecule has 1 aliphatic heterocycles. The van der Waals surface area contributed by atoms with Gasteiger partial charge in [0.1, 0.15) is 11.5 Å². The van der Waals surface area contributed by atoms with Crippen molar-refractivity contribution < 1.29 is 19.1 Å². The van der Waals surface area contributed by atoms with Gasteiger partial charge in [0.2, 0.25) is 0 Å². The molecule has 0 saturated carbocycles. The first-order chi connectivity index (χ1) is 12.6. The molecule has 2 amide bonds. The summed E-state index contributed by atoms with van der Waals surface area (Å²) in [5, 5.41) is 2.76. The number of rotatable bonds is 6. The molecule has 1 N–H and O–H groups in total. The molecule has 26 heavy (non-hydrogen) atoms. The Hall–Kier alpha value is -2.93. The van der Waals surface area contributed by atoms with Crippen molar-refractivity contribution in [2.24, 2.45) is 0 Å². The van der Waals surface area contributed by atoms with Crippen LogP contribution in [0.3, 0.4) is 0 Å². The van der Waals surface area contributed by atoms with Gasteiger partial charge in [-0.05, 0) is 42.1 Å². The van der Waals surface area contributed by atoms with E-state index >= 15 is 0 Å². The van der Waals surface area contributed by atoms with E-state index in [9.17, 15) is 9.59 Å². The molecule has 0 bridgehead atoms. The summed E-state index contributed by atoms with van der Waals surface area (Å²) in [5.74, 6) is 0.888. The van der Waals surface area contributed by atoms with Gasteiger partial charge in [0, 0.05) is 17.3 Å². The van der Waals surface area contributed by atoms with Crippen LogP contribution in [0.25, 0.3) is 6.08 Å². The molecule has 1 heterocycles. The molecule has 0 spiro atoms. The Balaban J connectivity index is 1.77. The maximum Gasteiger partial charge on any atom is 0.295 e. The number of benzene rings is 2. The predicted molar refractivity (Wildman–Crippen MR) is 102 cm³/mol. The number of amides is 2. The Labute approximate surface area is 155 Å². The fourth-order valence-electron chi connectivity index (χ4n) is 2.44. The lowest BCUT2D eigenvalue weighted by Gasteiger charge is -2.14. The molecule has 7 heteroatoms. The third kappa shape index (κ3) is 3.83. The Morgan fingerprint density at radius 3 is 2.54 bits per heavy atom. The summed E-state index contributed by atoms with van der Waals surface area (Å²) >= 11 is 0.913. The zero-order valence-corrected chi connectivity index (χ0v) is 15.2. The van der Waals surface area contributed by atoms with Crippen LogP contribution in [0.5, 0.6) is 11.5 Å². The van der Waals surface area contributed by atoms with E-state index in [0.29, 0.717) is 22.0 Å². The molecular formula is C19H18N2O4S. The van der Waals surface area contributed by atoms with Crippen LogP contribution in [-0.2, 0) is 4.79 Å². The van der Waals surface area contributed by atoms with Crippen molar-refractivity contribution in [3.05, 3.63) is 59.0 Å². The van der Waals surface area contributed by atoms with Gasteiger partial charge in [0.15, 0.2) is 0 Å². The van der Waals surface area contributed by atoms with Crippen molar-refractivity contribution in [3.8, 4) is 11.5 Å². The van der Waals surface area contributed by atoms with Crippen LogP contribution < -0.4 is 14.8 Å². The maximum absolute atomic E-state index is 12.6. The average Bonchev–Trinajstić information content (AvgIpc) is 2.94. The van der Waals surface area contributed by atoms with Crippen molar-refractivity contribution in [1.29, 1.82) is 0 Å². The SMILES string of the molecule is COc1ccc(/C=C2\SC(=O)N(CNc3ccccc3)C2=O)c(OC)c1. The first-order valence-corrected chi connectivity index (χ1v) is 8.70. The van der Waals surface area contributed by atoms with Gasteiger partial charge in [-0.25, -0.2) is 0 Å². The van der Waals surface area contributed by atoms with Crippen LogP contribution in [0.15, 0.2) is 53.4 Å². The van der Waals surface area contributed by atoms with E-state index in [1.54, 1.807) is 38.5 Å². The van der Waals surface area contributed by atoms with E-state index in [1.165, 1.54) is 4.90 Å². The second-order valence-electron chi connectivity index (χ2n) is 5.42. The third-order valence-corrected chi connectivity index (χ3v) is 4.72. The zero-order chi connectivity index (χ0) is 18.5. The highest BCUT2D eigenvalue weighted by Crippen LogP contribution is 2.34. The second kappa shape index (κ2) is 7.97. The number of nitrogens with zero attached hydrogens (tertiary/aromatic N) is 1. The van der Waals surface area contributed by atoms with E-state index in [0.717, 1.165) is 17.4 Å². The minimum Gasteiger partial charge on any atom is -0.497 e. The summed E-state index contributed by atoms with van der Waals surface area (Å²) in [4.78, 5) is 26.3.